The van der Waals surface area contributed by atoms with E-state index in [1.165, 1.54) is 17.7 Å². The van der Waals surface area contributed by atoms with Crippen LogP contribution < -0.4 is 0 Å². The van der Waals surface area contributed by atoms with E-state index in [4.69, 9.17) is 11.6 Å². The summed E-state index contributed by atoms with van der Waals surface area (Å²) < 4.78 is 15.6. The molecule has 0 radical (unpaired) electrons. The van der Waals surface area contributed by atoms with Crippen LogP contribution in [0, 0.1) is 5.82 Å². The lowest BCUT2D eigenvalue weighted by molar-refractivity contribution is 0.621. The average molecular weight is 303 g/mol. The van der Waals surface area contributed by atoms with Crippen molar-refractivity contribution in [1.29, 1.82) is 0 Å². The molecule has 1 aromatic heterocycles. The minimum Gasteiger partial charge on any atom is -0.321 e. The molecule has 0 saturated heterocycles. The minimum atomic E-state index is -0.267. The van der Waals surface area contributed by atoms with Gasteiger partial charge in [-0.15, -0.1) is 11.6 Å². The number of fused-ring (bicyclic) bond motifs is 1. The lowest BCUT2D eigenvalue weighted by Crippen LogP contribution is -2.11. The van der Waals surface area contributed by atoms with Gasteiger partial charge in [-0.05, 0) is 24.6 Å². The maximum absolute atomic E-state index is 13.4. The number of aryl methyl sites for hydroxylation is 1. The van der Waals surface area contributed by atoms with Crippen LogP contribution in [0.1, 0.15) is 24.4 Å². The van der Waals surface area contributed by atoms with Gasteiger partial charge >= 0.3 is 0 Å². The smallest absolute Gasteiger partial charge is 0.125 e. The monoisotopic (exact) mass is 302 g/mol. The van der Waals surface area contributed by atoms with Crippen molar-refractivity contribution in [1.82, 2.24) is 9.55 Å². The van der Waals surface area contributed by atoms with E-state index < -0.39 is 0 Å². The van der Waals surface area contributed by atoms with Crippen LogP contribution in [0.4, 0.5) is 4.39 Å². The maximum Gasteiger partial charge on any atom is 0.125 e. The van der Waals surface area contributed by atoms with Gasteiger partial charge in [0.25, 0.3) is 0 Å². The molecule has 0 aliphatic carbocycles. The molecule has 21 heavy (non-hydrogen) atoms. The summed E-state index contributed by atoms with van der Waals surface area (Å²) in [7, 11) is 0. The number of hydrogen-bond acceptors (Lipinski definition) is 1. The van der Waals surface area contributed by atoms with Crippen LogP contribution >= 0.6 is 11.6 Å². The number of hydrogen-bond donors (Lipinski definition) is 0. The van der Waals surface area contributed by atoms with Crippen molar-refractivity contribution < 1.29 is 4.39 Å². The van der Waals surface area contributed by atoms with Crippen molar-refractivity contribution in [2.45, 2.75) is 19.4 Å². The van der Waals surface area contributed by atoms with E-state index in [1.54, 1.807) is 6.07 Å². The van der Waals surface area contributed by atoms with E-state index >= 15 is 0 Å². The van der Waals surface area contributed by atoms with E-state index in [9.17, 15) is 4.39 Å². The standard InChI is InChI=1S/C17H16ClFN2/c1-12(13-5-3-2-4-6-13)21-16-8-7-14(19)11-15(16)20-17(21)9-10-18/h2-8,11-12H,9-10H2,1H3. The van der Waals surface area contributed by atoms with Crippen LogP contribution in [0.5, 0.6) is 0 Å². The molecule has 108 valence electrons. The highest BCUT2D eigenvalue weighted by Gasteiger charge is 2.17. The Morgan fingerprint density at radius 2 is 1.95 bits per heavy atom. The second-order valence-electron chi connectivity index (χ2n) is 5.06. The van der Waals surface area contributed by atoms with Crippen LogP contribution in [0.25, 0.3) is 11.0 Å². The van der Waals surface area contributed by atoms with Crippen LogP contribution in [-0.4, -0.2) is 15.4 Å². The molecule has 0 spiro atoms. The molecule has 0 N–H and O–H groups in total. The summed E-state index contributed by atoms with van der Waals surface area (Å²) in [5.41, 5.74) is 2.81. The van der Waals surface area contributed by atoms with Crippen molar-refractivity contribution in [3.63, 3.8) is 0 Å². The van der Waals surface area contributed by atoms with Crippen LogP contribution in [0.3, 0.4) is 0 Å². The van der Waals surface area contributed by atoms with Gasteiger partial charge in [-0.1, -0.05) is 30.3 Å². The summed E-state index contributed by atoms with van der Waals surface area (Å²) in [5.74, 6) is 1.12. The quantitative estimate of drug-likeness (QED) is 0.646. The number of imidazole rings is 1. The van der Waals surface area contributed by atoms with Gasteiger partial charge in [0.15, 0.2) is 0 Å². The normalized spacial score (nSPS) is 12.7. The first kappa shape index (κ1) is 14.1. The predicted molar refractivity (Wildman–Crippen MR) is 84.4 cm³/mol. The molecular weight excluding hydrogens is 287 g/mol. The van der Waals surface area contributed by atoms with Crippen molar-refractivity contribution in [2.75, 3.05) is 5.88 Å². The Bertz CT molecular complexity index is 752. The Hall–Kier alpha value is -1.87. The molecule has 0 aliphatic rings. The molecule has 4 heteroatoms. The fourth-order valence-electron chi connectivity index (χ4n) is 2.70. The van der Waals surface area contributed by atoms with Gasteiger partial charge in [-0.25, -0.2) is 9.37 Å². The molecule has 3 aromatic rings. The number of benzene rings is 2. The first-order valence-electron chi connectivity index (χ1n) is 6.98. The minimum absolute atomic E-state index is 0.125. The zero-order valence-electron chi connectivity index (χ0n) is 11.8. The Morgan fingerprint density at radius 3 is 2.67 bits per heavy atom. The molecule has 2 aromatic carbocycles. The van der Waals surface area contributed by atoms with Gasteiger partial charge in [0.2, 0.25) is 0 Å². The summed E-state index contributed by atoms with van der Waals surface area (Å²) in [4.78, 5) is 4.55. The molecule has 1 unspecified atom stereocenters. The fourth-order valence-corrected chi connectivity index (χ4v) is 2.86. The molecule has 3 rings (SSSR count). The first-order chi connectivity index (χ1) is 10.2. The van der Waals surface area contributed by atoms with Crippen molar-refractivity contribution >= 4 is 22.6 Å². The molecule has 1 heterocycles. The molecule has 0 saturated carbocycles. The lowest BCUT2D eigenvalue weighted by Gasteiger charge is -2.18. The zero-order valence-corrected chi connectivity index (χ0v) is 12.5. The fraction of sp³-hybridized carbons (Fsp3) is 0.235. The summed E-state index contributed by atoms with van der Waals surface area (Å²) in [5, 5.41) is 0. The third-order valence-corrected chi connectivity index (χ3v) is 3.90. The SMILES string of the molecule is CC(c1ccccc1)n1c(CCCl)nc2cc(F)ccc21. The third-order valence-electron chi connectivity index (χ3n) is 3.71. The van der Waals surface area contributed by atoms with Gasteiger partial charge in [-0.2, -0.15) is 0 Å². The lowest BCUT2D eigenvalue weighted by atomic mass is 10.1. The van der Waals surface area contributed by atoms with E-state index in [0.717, 1.165) is 11.3 Å². The van der Waals surface area contributed by atoms with Crippen LogP contribution in [0.15, 0.2) is 48.5 Å². The summed E-state index contributed by atoms with van der Waals surface area (Å²) in [6, 6.07) is 15.1. The van der Waals surface area contributed by atoms with Crippen molar-refractivity contribution in [2.24, 2.45) is 0 Å². The third kappa shape index (κ3) is 2.66. The second kappa shape index (κ2) is 5.86. The molecule has 0 bridgehead atoms. The van der Waals surface area contributed by atoms with Gasteiger partial charge in [-0.3, -0.25) is 0 Å². The number of nitrogens with zero attached hydrogens (tertiary/aromatic N) is 2. The number of halogens is 2. The Labute approximate surface area is 128 Å². The van der Waals surface area contributed by atoms with E-state index in [2.05, 4.69) is 28.6 Å². The predicted octanol–water partition coefficient (Wildman–Crippen LogP) is 4.57. The molecule has 2 nitrogen and oxygen atoms in total. The number of rotatable bonds is 4. The second-order valence-corrected chi connectivity index (χ2v) is 5.43. The van der Waals surface area contributed by atoms with Gasteiger partial charge in [0.05, 0.1) is 17.1 Å². The maximum atomic E-state index is 13.4. The highest BCUT2D eigenvalue weighted by Crippen LogP contribution is 2.26. The van der Waals surface area contributed by atoms with Gasteiger partial charge in [0.1, 0.15) is 11.6 Å². The highest BCUT2D eigenvalue weighted by molar-refractivity contribution is 6.17. The molecule has 0 fully saturated rings. The van der Waals surface area contributed by atoms with Crippen molar-refractivity contribution in [3.05, 3.63) is 65.7 Å². The van der Waals surface area contributed by atoms with Crippen molar-refractivity contribution in [3.8, 4) is 0 Å². The van der Waals surface area contributed by atoms with Crippen LogP contribution in [-0.2, 0) is 6.42 Å². The van der Waals surface area contributed by atoms with Gasteiger partial charge in [0, 0.05) is 18.4 Å². The summed E-state index contributed by atoms with van der Waals surface area (Å²) in [6.45, 7) is 2.12. The van der Waals surface area contributed by atoms with Gasteiger partial charge < -0.3 is 4.57 Å². The first-order valence-corrected chi connectivity index (χ1v) is 7.51. The van der Waals surface area contributed by atoms with E-state index in [-0.39, 0.29) is 11.9 Å². The summed E-state index contributed by atoms with van der Waals surface area (Å²) in [6.07, 6.45) is 0.662. The Balaban J connectivity index is 2.17. The highest BCUT2D eigenvalue weighted by atomic mass is 35.5. The number of aromatic nitrogens is 2. The van der Waals surface area contributed by atoms with E-state index in [0.29, 0.717) is 17.8 Å². The Kier molecular flexibility index (Phi) is 3.93. The topological polar surface area (TPSA) is 17.8 Å². The average Bonchev–Trinajstić information content (AvgIpc) is 2.85. The number of alkyl halides is 1. The molecule has 0 aliphatic heterocycles. The molecule has 0 amide bonds. The van der Waals surface area contributed by atoms with Crippen LogP contribution in [0.2, 0.25) is 0 Å². The largest absolute Gasteiger partial charge is 0.321 e. The molecule has 1 atom stereocenters. The zero-order chi connectivity index (χ0) is 14.8. The molecular formula is C17H16ClFN2. The summed E-state index contributed by atoms with van der Waals surface area (Å²) >= 11 is 5.89. The Morgan fingerprint density at radius 1 is 1.19 bits per heavy atom. The van der Waals surface area contributed by atoms with E-state index in [1.807, 2.05) is 18.2 Å².